The molecule has 1 amide bonds. The van der Waals surface area contributed by atoms with E-state index in [1.807, 2.05) is 24.3 Å². The third-order valence-corrected chi connectivity index (χ3v) is 4.57. The highest BCUT2D eigenvalue weighted by Crippen LogP contribution is 2.17. The van der Waals surface area contributed by atoms with Gasteiger partial charge in [0.25, 0.3) is 5.91 Å². The zero-order valence-electron chi connectivity index (χ0n) is 15.0. The molecule has 0 radical (unpaired) electrons. The molecule has 0 saturated carbocycles. The average Bonchev–Trinajstić information content (AvgIpc) is 3.32. The molecular weight excluding hydrogens is 316 g/mol. The van der Waals surface area contributed by atoms with Gasteiger partial charge in [-0.2, -0.15) is 0 Å². The maximum atomic E-state index is 12.2. The summed E-state index contributed by atoms with van der Waals surface area (Å²) in [5.41, 5.74) is 1.89. The Morgan fingerprint density at radius 3 is 2.88 bits per heavy atom. The molecule has 25 heavy (non-hydrogen) atoms. The SMILES string of the molecule is CCNC(=NCc1cccc(NC(=O)C2CCCO2)c1)N1CCCC1. The van der Waals surface area contributed by atoms with Crippen LogP contribution in [0.1, 0.15) is 38.2 Å². The summed E-state index contributed by atoms with van der Waals surface area (Å²) >= 11 is 0. The van der Waals surface area contributed by atoms with E-state index in [0.717, 1.165) is 49.7 Å². The monoisotopic (exact) mass is 344 g/mol. The Morgan fingerprint density at radius 1 is 1.32 bits per heavy atom. The molecule has 0 aromatic heterocycles. The van der Waals surface area contributed by atoms with E-state index in [1.54, 1.807) is 0 Å². The molecule has 1 aromatic carbocycles. The molecule has 1 aromatic rings. The van der Waals surface area contributed by atoms with Crippen LogP contribution in [0.15, 0.2) is 29.3 Å². The number of carbonyl (C=O) groups is 1. The van der Waals surface area contributed by atoms with Gasteiger partial charge in [0, 0.05) is 31.9 Å². The van der Waals surface area contributed by atoms with E-state index < -0.39 is 0 Å². The molecule has 2 aliphatic rings. The Balaban J connectivity index is 1.61. The van der Waals surface area contributed by atoms with Crippen LogP contribution >= 0.6 is 0 Å². The van der Waals surface area contributed by atoms with E-state index in [2.05, 4.69) is 22.5 Å². The van der Waals surface area contributed by atoms with Crippen LogP contribution in [0.5, 0.6) is 0 Å². The Kier molecular flexibility index (Phi) is 6.28. The highest BCUT2D eigenvalue weighted by molar-refractivity contribution is 5.94. The van der Waals surface area contributed by atoms with E-state index in [1.165, 1.54) is 12.8 Å². The van der Waals surface area contributed by atoms with Crippen molar-refractivity contribution in [2.24, 2.45) is 4.99 Å². The summed E-state index contributed by atoms with van der Waals surface area (Å²) in [4.78, 5) is 19.2. The number of carbonyl (C=O) groups excluding carboxylic acids is 1. The van der Waals surface area contributed by atoms with Crippen molar-refractivity contribution in [2.45, 2.75) is 45.3 Å². The van der Waals surface area contributed by atoms with Crippen molar-refractivity contribution in [2.75, 3.05) is 31.6 Å². The zero-order valence-corrected chi connectivity index (χ0v) is 15.0. The minimum Gasteiger partial charge on any atom is -0.368 e. The van der Waals surface area contributed by atoms with Crippen molar-refractivity contribution in [1.82, 2.24) is 10.2 Å². The maximum absolute atomic E-state index is 12.2. The lowest BCUT2D eigenvalue weighted by atomic mass is 10.2. The van der Waals surface area contributed by atoms with Gasteiger partial charge in [-0.25, -0.2) is 4.99 Å². The number of rotatable bonds is 5. The van der Waals surface area contributed by atoms with Gasteiger partial charge in [-0.15, -0.1) is 0 Å². The fourth-order valence-electron chi connectivity index (χ4n) is 3.28. The minimum atomic E-state index is -0.308. The third kappa shape index (κ3) is 4.95. The quantitative estimate of drug-likeness (QED) is 0.636. The summed E-state index contributed by atoms with van der Waals surface area (Å²) in [5, 5.41) is 6.32. The number of hydrogen-bond donors (Lipinski definition) is 2. The van der Waals surface area contributed by atoms with Crippen molar-refractivity contribution >= 4 is 17.6 Å². The van der Waals surface area contributed by atoms with Gasteiger partial charge in [-0.1, -0.05) is 12.1 Å². The van der Waals surface area contributed by atoms with E-state index in [9.17, 15) is 4.79 Å². The van der Waals surface area contributed by atoms with E-state index >= 15 is 0 Å². The first-order chi connectivity index (χ1) is 12.3. The number of likely N-dealkylation sites (tertiary alicyclic amines) is 1. The lowest BCUT2D eigenvalue weighted by Gasteiger charge is -2.20. The molecule has 2 heterocycles. The van der Waals surface area contributed by atoms with E-state index in [0.29, 0.717) is 13.2 Å². The average molecular weight is 344 g/mol. The lowest BCUT2D eigenvalue weighted by molar-refractivity contribution is -0.124. The van der Waals surface area contributed by atoms with Crippen molar-refractivity contribution in [1.29, 1.82) is 0 Å². The summed E-state index contributed by atoms with van der Waals surface area (Å²) in [7, 11) is 0. The number of guanidine groups is 1. The summed E-state index contributed by atoms with van der Waals surface area (Å²) in [6.45, 7) is 6.38. The van der Waals surface area contributed by atoms with Gasteiger partial charge in [0.1, 0.15) is 6.10 Å². The van der Waals surface area contributed by atoms with Crippen molar-refractivity contribution in [3.63, 3.8) is 0 Å². The Bertz CT molecular complexity index is 605. The predicted molar refractivity (Wildman–Crippen MR) is 99.7 cm³/mol. The Morgan fingerprint density at radius 2 is 2.16 bits per heavy atom. The normalized spacial score (nSPS) is 20.8. The molecule has 0 aliphatic carbocycles. The third-order valence-electron chi connectivity index (χ3n) is 4.57. The van der Waals surface area contributed by atoms with Crippen LogP contribution < -0.4 is 10.6 Å². The molecule has 0 bridgehead atoms. The fourth-order valence-corrected chi connectivity index (χ4v) is 3.28. The maximum Gasteiger partial charge on any atom is 0.253 e. The van der Waals surface area contributed by atoms with E-state index in [4.69, 9.17) is 9.73 Å². The highest BCUT2D eigenvalue weighted by Gasteiger charge is 2.23. The van der Waals surface area contributed by atoms with Gasteiger partial charge in [0.15, 0.2) is 5.96 Å². The zero-order chi connectivity index (χ0) is 17.5. The number of aliphatic imine (C=N–C) groups is 1. The number of anilines is 1. The molecular formula is C19H28N4O2. The van der Waals surface area contributed by atoms with Gasteiger partial charge < -0.3 is 20.3 Å². The molecule has 6 heteroatoms. The second-order valence-electron chi connectivity index (χ2n) is 6.56. The number of ether oxygens (including phenoxy) is 1. The number of amides is 1. The number of hydrogen-bond acceptors (Lipinski definition) is 3. The molecule has 0 spiro atoms. The number of benzene rings is 1. The highest BCUT2D eigenvalue weighted by atomic mass is 16.5. The number of nitrogens with one attached hydrogen (secondary N) is 2. The largest absolute Gasteiger partial charge is 0.368 e. The summed E-state index contributed by atoms with van der Waals surface area (Å²) < 4.78 is 5.43. The second-order valence-corrected chi connectivity index (χ2v) is 6.56. The van der Waals surface area contributed by atoms with Crippen LogP contribution in [0.4, 0.5) is 5.69 Å². The molecule has 2 N–H and O–H groups in total. The van der Waals surface area contributed by atoms with Crippen LogP contribution in [0.3, 0.4) is 0 Å². The van der Waals surface area contributed by atoms with Crippen LogP contribution in [0.2, 0.25) is 0 Å². The summed E-state index contributed by atoms with van der Waals surface area (Å²) in [6.07, 6.45) is 3.91. The van der Waals surface area contributed by atoms with E-state index in [-0.39, 0.29) is 12.0 Å². The van der Waals surface area contributed by atoms with Gasteiger partial charge in [-0.3, -0.25) is 4.79 Å². The predicted octanol–water partition coefficient (Wildman–Crippen LogP) is 2.37. The topological polar surface area (TPSA) is 66.0 Å². The van der Waals surface area contributed by atoms with Crippen molar-refractivity contribution < 1.29 is 9.53 Å². The van der Waals surface area contributed by atoms with Crippen LogP contribution in [0.25, 0.3) is 0 Å². The smallest absolute Gasteiger partial charge is 0.253 e. The van der Waals surface area contributed by atoms with Crippen LogP contribution in [0, 0.1) is 0 Å². The first-order valence-electron chi connectivity index (χ1n) is 9.31. The standard InChI is InChI=1S/C19H28N4O2/c1-2-20-19(23-10-3-4-11-23)21-14-15-7-5-8-16(13-15)22-18(24)17-9-6-12-25-17/h5,7-8,13,17H,2-4,6,9-12,14H2,1H3,(H,20,21)(H,22,24). The van der Waals surface area contributed by atoms with Crippen LogP contribution in [-0.2, 0) is 16.1 Å². The Hall–Kier alpha value is -2.08. The fraction of sp³-hybridized carbons (Fsp3) is 0.579. The van der Waals surface area contributed by atoms with Crippen molar-refractivity contribution in [3.05, 3.63) is 29.8 Å². The molecule has 2 saturated heterocycles. The Labute approximate surface area is 149 Å². The first-order valence-corrected chi connectivity index (χ1v) is 9.31. The molecule has 1 unspecified atom stereocenters. The molecule has 3 rings (SSSR count). The molecule has 1 atom stereocenters. The summed E-state index contributed by atoms with van der Waals surface area (Å²) in [6, 6.07) is 7.90. The van der Waals surface area contributed by atoms with Gasteiger partial charge in [0.05, 0.1) is 6.54 Å². The summed E-state index contributed by atoms with van der Waals surface area (Å²) in [5.74, 6) is 0.928. The van der Waals surface area contributed by atoms with Crippen molar-refractivity contribution in [3.8, 4) is 0 Å². The van der Waals surface area contributed by atoms with Gasteiger partial charge in [-0.05, 0) is 50.3 Å². The second kappa shape index (κ2) is 8.85. The molecule has 2 aliphatic heterocycles. The molecule has 136 valence electrons. The minimum absolute atomic E-state index is 0.0523. The molecule has 2 fully saturated rings. The van der Waals surface area contributed by atoms with Gasteiger partial charge in [0.2, 0.25) is 0 Å². The first kappa shape index (κ1) is 17.7. The molecule has 6 nitrogen and oxygen atoms in total. The van der Waals surface area contributed by atoms with Gasteiger partial charge >= 0.3 is 0 Å². The van der Waals surface area contributed by atoms with Crippen LogP contribution in [-0.4, -0.2) is 49.1 Å². The number of nitrogens with zero attached hydrogens (tertiary/aromatic N) is 2. The lowest BCUT2D eigenvalue weighted by Crippen LogP contribution is -2.39.